The number of fused-ring (bicyclic) bond motifs is 16. The van der Waals surface area contributed by atoms with Gasteiger partial charge in [-0.2, -0.15) is 0 Å². The Labute approximate surface area is 474 Å². The molecular weight excluding hydrogens is 979 g/mol. The van der Waals surface area contributed by atoms with E-state index in [2.05, 4.69) is 315 Å². The van der Waals surface area contributed by atoms with E-state index in [4.69, 9.17) is 0 Å². The summed E-state index contributed by atoms with van der Waals surface area (Å²) in [6, 6.07) is 97.8. The van der Waals surface area contributed by atoms with Crippen molar-refractivity contribution in [2.24, 2.45) is 5.92 Å². The molecule has 2 heterocycles. The number of para-hydroxylation sites is 3. The van der Waals surface area contributed by atoms with Crippen molar-refractivity contribution in [3.05, 3.63) is 312 Å². The van der Waals surface area contributed by atoms with Gasteiger partial charge in [-0.25, -0.2) is 0 Å². The third-order valence-electron chi connectivity index (χ3n) is 18.2. The quantitative estimate of drug-likeness (QED) is 0.158. The number of aromatic nitrogens is 1. The second-order valence-electron chi connectivity index (χ2n) is 23.7. The molecule has 16 rings (SSSR count). The highest BCUT2D eigenvalue weighted by molar-refractivity contribution is 6.12. The predicted molar refractivity (Wildman–Crippen MR) is 339 cm³/mol. The van der Waals surface area contributed by atoms with Gasteiger partial charge < -0.3 is 14.4 Å². The lowest BCUT2D eigenvalue weighted by atomic mass is 9.70. The average Bonchev–Trinajstić information content (AvgIpc) is 3.13. The molecule has 11 aromatic carbocycles. The maximum Gasteiger partial charge on any atom is 0.0726 e. The molecule has 0 bridgehead atoms. The Morgan fingerprint density at radius 1 is 0.444 bits per heavy atom. The number of benzene rings is 11. The van der Waals surface area contributed by atoms with Crippen molar-refractivity contribution in [1.82, 2.24) is 4.57 Å². The Morgan fingerprint density at radius 2 is 0.975 bits per heavy atom. The third-order valence-corrected chi connectivity index (χ3v) is 18.2. The van der Waals surface area contributed by atoms with Crippen molar-refractivity contribution >= 4 is 55.9 Å². The van der Waals surface area contributed by atoms with Crippen molar-refractivity contribution in [3.63, 3.8) is 0 Å². The number of allylic oxidation sites excluding steroid dienone is 4. The molecule has 0 saturated carbocycles. The van der Waals surface area contributed by atoms with Crippen LogP contribution in [0, 0.1) is 5.92 Å². The first-order chi connectivity index (χ1) is 39.7. The minimum atomic E-state index is -0.456. The molecule has 0 saturated heterocycles. The summed E-state index contributed by atoms with van der Waals surface area (Å²) < 4.78 is 2.51. The molecule has 4 aliphatic rings. The Balaban J connectivity index is 0.838. The van der Waals surface area contributed by atoms with Crippen LogP contribution in [0.4, 0.5) is 28.4 Å². The lowest BCUT2D eigenvalue weighted by Crippen LogP contribution is -2.26. The topological polar surface area (TPSA) is 11.4 Å². The van der Waals surface area contributed by atoms with Gasteiger partial charge in [0.2, 0.25) is 0 Å². The van der Waals surface area contributed by atoms with Gasteiger partial charge in [0.05, 0.1) is 22.1 Å². The molecule has 12 aromatic rings. The summed E-state index contributed by atoms with van der Waals surface area (Å²) in [7, 11) is 0. The number of rotatable bonds is 7. The van der Waals surface area contributed by atoms with Crippen LogP contribution in [0.3, 0.4) is 0 Å². The molecule has 386 valence electrons. The molecule has 3 nitrogen and oxygen atoms in total. The van der Waals surface area contributed by atoms with Crippen LogP contribution in [-0.4, -0.2) is 4.57 Å². The Hall–Kier alpha value is -9.70. The zero-order valence-electron chi connectivity index (χ0n) is 46.0. The number of hydrogen-bond donors (Lipinski definition) is 0. The number of anilines is 5. The van der Waals surface area contributed by atoms with Crippen molar-refractivity contribution in [1.29, 1.82) is 0 Å². The second kappa shape index (κ2) is 17.9. The van der Waals surface area contributed by atoms with Crippen molar-refractivity contribution < 1.29 is 0 Å². The van der Waals surface area contributed by atoms with Crippen LogP contribution in [0.2, 0.25) is 0 Å². The van der Waals surface area contributed by atoms with E-state index in [0.29, 0.717) is 0 Å². The second-order valence-corrected chi connectivity index (χ2v) is 23.7. The van der Waals surface area contributed by atoms with Gasteiger partial charge in [0.1, 0.15) is 0 Å². The molecule has 3 heteroatoms. The van der Waals surface area contributed by atoms with Crippen LogP contribution in [0.1, 0.15) is 67.0 Å². The van der Waals surface area contributed by atoms with E-state index in [-0.39, 0.29) is 17.3 Å². The molecule has 81 heavy (non-hydrogen) atoms. The van der Waals surface area contributed by atoms with Crippen LogP contribution in [0.5, 0.6) is 0 Å². The van der Waals surface area contributed by atoms with E-state index in [9.17, 15) is 0 Å². The highest BCUT2D eigenvalue weighted by Crippen LogP contribution is 2.65. The van der Waals surface area contributed by atoms with Crippen LogP contribution < -0.4 is 9.80 Å². The highest BCUT2D eigenvalue weighted by atomic mass is 15.2. The van der Waals surface area contributed by atoms with Gasteiger partial charge in [-0.1, -0.05) is 234 Å². The Kier molecular flexibility index (Phi) is 10.5. The van der Waals surface area contributed by atoms with Gasteiger partial charge in [0.15, 0.2) is 0 Å². The third kappa shape index (κ3) is 7.01. The molecule has 0 N–H and O–H groups in total. The summed E-state index contributed by atoms with van der Waals surface area (Å²) in [6.07, 6.45) is 4.96. The smallest absolute Gasteiger partial charge is 0.0726 e. The predicted octanol–water partition coefficient (Wildman–Crippen LogP) is 20.5. The Morgan fingerprint density at radius 3 is 1.65 bits per heavy atom. The largest absolute Gasteiger partial charge is 0.313 e. The summed E-state index contributed by atoms with van der Waals surface area (Å²) in [5, 5.41) is 2.50. The first-order valence-corrected chi connectivity index (χ1v) is 28.7. The van der Waals surface area contributed by atoms with Crippen LogP contribution in [0.25, 0.3) is 72.0 Å². The van der Waals surface area contributed by atoms with Gasteiger partial charge >= 0.3 is 0 Å². The number of hydrogen-bond acceptors (Lipinski definition) is 2. The first-order valence-electron chi connectivity index (χ1n) is 28.7. The molecule has 0 radical (unpaired) electrons. The molecule has 2 atom stereocenters. The van der Waals surface area contributed by atoms with Crippen molar-refractivity contribution in [3.8, 4) is 44.5 Å². The monoisotopic (exact) mass is 1040 g/mol. The fourth-order valence-corrected chi connectivity index (χ4v) is 14.6. The maximum absolute atomic E-state index is 2.51. The average molecular weight is 1040 g/mol. The lowest BCUT2D eigenvalue weighted by molar-refractivity contribution is 0.590. The van der Waals surface area contributed by atoms with Crippen LogP contribution in [-0.2, 0) is 10.8 Å². The summed E-state index contributed by atoms with van der Waals surface area (Å²) in [6.45, 7) is 9.22. The molecule has 0 fully saturated rings. The van der Waals surface area contributed by atoms with Crippen molar-refractivity contribution in [2.45, 2.75) is 44.4 Å². The summed E-state index contributed by atoms with van der Waals surface area (Å²) >= 11 is 0. The molecule has 2 unspecified atom stereocenters. The summed E-state index contributed by atoms with van der Waals surface area (Å²) in [4.78, 5) is 4.98. The van der Waals surface area contributed by atoms with E-state index in [1.54, 1.807) is 0 Å². The molecule has 1 aromatic heterocycles. The molecule has 1 aliphatic heterocycles. The fraction of sp³-hybridized carbons (Fsp3) is 0.103. The number of nitrogens with zero attached hydrogens (tertiary/aromatic N) is 3. The zero-order chi connectivity index (χ0) is 54.1. The molecular formula is C78H59N3. The van der Waals surface area contributed by atoms with E-state index in [1.165, 1.54) is 122 Å². The van der Waals surface area contributed by atoms with E-state index >= 15 is 0 Å². The van der Waals surface area contributed by atoms with Gasteiger partial charge in [0, 0.05) is 56.4 Å². The SMILES string of the molecule is CC1C=C(n2c3ccccc3c3ccc(-c4ccc(N(c5ccc(-c6ccc(C(C)(C)C)cc6)cc5)c5cccc6c5-c5ccccc5C65c6ccccc6-c6ccccc65)cc4)cc32)C=C2C1c1ccccc1N2c1ccccc1. The van der Waals surface area contributed by atoms with Gasteiger partial charge in [0.25, 0.3) is 0 Å². The first kappa shape index (κ1) is 47.3. The summed E-state index contributed by atoms with van der Waals surface area (Å²) in [5.41, 5.74) is 28.3. The fourth-order valence-electron chi connectivity index (χ4n) is 14.6. The standard InChI is InChI=1S/C78H59N3/c1-50-47-59(49-74-75(50)65-25-12-17-31-71(65)80(74)56-19-6-5-7-20-56)81-70-30-16-11-23-62(70)63-46-39-54(48-73(63)81)53-37-44-58(45-38-53)79(57-42-35-52(36-43-57)51-33-40-55(41-34-51)77(2,3)4)72-32-18-29-69-76(72)64-24-10-15-28-68(64)78(69)66-26-13-8-21-60(66)61-22-9-14-27-67(61)78/h5-50,75H,1-4H3. The van der Waals surface area contributed by atoms with Gasteiger partial charge in [-0.05, 0) is 150 Å². The van der Waals surface area contributed by atoms with Crippen LogP contribution in [0.15, 0.2) is 279 Å². The minimum absolute atomic E-state index is 0.0874. The van der Waals surface area contributed by atoms with Gasteiger partial charge in [-0.3, -0.25) is 0 Å². The molecule has 0 amide bonds. The van der Waals surface area contributed by atoms with Crippen molar-refractivity contribution in [2.75, 3.05) is 9.80 Å². The maximum atomic E-state index is 2.51. The molecule has 1 spiro atoms. The van der Waals surface area contributed by atoms with Gasteiger partial charge in [-0.15, -0.1) is 0 Å². The Bertz CT molecular complexity index is 4520. The van der Waals surface area contributed by atoms with E-state index in [1.807, 2.05) is 0 Å². The van der Waals surface area contributed by atoms with Crippen LogP contribution >= 0.6 is 0 Å². The van der Waals surface area contributed by atoms with E-state index in [0.717, 1.165) is 17.1 Å². The molecule has 3 aliphatic carbocycles. The zero-order valence-corrected chi connectivity index (χ0v) is 46.0. The van der Waals surface area contributed by atoms with E-state index < -0.39 is 5.41 Å². The lowest BCUT2D eigenvalue weighted by Gasteiger charge is -2.32. The normalized spacial score (nSPS) is 16.1. The summed E-state index contributed by atoms with van der Waals surface area (Å²) in [5.74, 6) is 0.537. The minimum Gasteiger partial charge on any atom is -0.313 e. The highest BCUT2D eigenvalue weighted by Gasteiger charge is 2.52.